The van der Waals surface area contributed by atoms with Gasteiger partial charge in [-0.3, -0.25) is 9.78 Å². The molecule has 0 N–H and O–H groups in total. The van der Waals surface area contributed by atoms with Crippen molar-refractivity contribution in [2.45, 2.75) is 57.4 Å². The van der Waals surface area contributed by atoms with Gasteiger partial charge in [0.2, 0.25) is 5.91 Å². The maximum Gasteiger partial charge on any atom is 0.231 e. The molecule has 1 aliphatic carbocycles. The first kappa shape index (κ1) is 17.4. The van der Waals surface area contributed by atoms with Crippen molar-refractivity contribution in [3.8, 4) is 0 Å². The summed E-state index contributed by atoms with van der Waals surface area (Å²) in [6, 6.07) is 6.56. The van der Waals surface area contributed by atoms with Gasteiger partial charge in [0.25, 0.3) is 0 Å². The van der Waals surface area contributed by atoms with Crippen molar-refractivity contribution < 1.29 is 4.79 Å². The summed E-state index contributed by atoms with van der Waals surface area (Å²) in [5, 5.41) is 0. The average molecular weight is 329 g/mol. The van der Waals surface area contributed by atoms with Crippen molar-refractivity contribution in [1.82, 2.24) is 14.8 Å². The van der Waals surface area contributed by atoms with Gasteiger partial charge in [-0.15, -0.1) is 0 Å². The van der Waals surface area contributed by atoms with Crippen molar-refractivity contribution in [3.05, 3.63) is 30.1 Å². The summed E-state index contributed by atoms with van der Waals surface area (Å²) in [6.07, 6.45) is 9.40. The summed E-state index contributed by atoms with van der Waals surface area (Å²) >= 11 is 0. The van der Waals surface area contributed by atoms with E-state index in [1.54, 1.807) is 6.20 Å². The van der Waals surface area contributed by atoms with Gasteiger partial charge in [0.05, 0.1) is 11.6 Å². The fraction of sp³-hybridized carbons (Fsp3) is 0.700. The summed E-state index contributed by atoms with van der Waals surface area (Å²) in [5.41, 5.74) is 1.38. The Balaban J connectivity index is 1.55. The van der Waals surface area contributed by atoms with Gasteiger partial charge in [-0.05, 0) is 77.1 Å². The third kappa shape index (κ3) is 3.64. The van der Waals surface area contributed by atoms with E-state index >= 15 is 0 Å². The van der Waals surface area contributed by atoms with E-state index < -0.39 is 0 Å². The highest BCUT2D eigenvalue weighted by molar-refractivity contribution is 5.82. The smallest absolute Gasteiger partial charge is 0.231 e. The van der Waals surface area contributed by atoms with Crippen LogP contribution in [0.4, 0.5) is 0 Å². The third-order valence-corrected chi connectivity index (χ3v) is 6.38. The van der Waals surface area contributed by atoms with Crippen molar-refractivity contribution >= 4 is 5.91 Å². The number of piperidine rings is 1. The molecule has 4 nitrogen and oxygen atoms in total. The van der Waals surface area contributed by atoms with Gasteiger partial charge >= 0.3 is 0 Å². The molecule has 0 radical (unpaired) electrons. The van der Waals surface area contributed by atoms with Gasteiger partial charge in [-0.25, -0.2) is 0 Å². The van der Waals surface area contributed by atoms with Crippen LogP contribution in [0.25, 0.3) is 0 Å². The second-order valence-corrected chi connectivity index (χ2v) is 8.00. The van der Waals surface area contributed by atoms with E-state index in [2.05, 4.69) is 28.9 Å². The lowest BCUT2D eigenvalue weighted by Crippen LogP contribution is -2.47. The van der Waals surface area contributed by atoms with Crippen molar-refractivity contribution in [3.63, 3.8) is 0 Å². The molecule has 1 aliphatic heterocycles. The first-order valence-electron chi connectivity index (χ1n) is 9.37. The van der Waals surface area contributed by atoms with E-state index in [-0.39, 0.29) is 11.8 Å². The molecule has 2 heterocycles. The van der Waals surface area contributed by atoms with Crippen molar-refractivity contribution in [2.24, 2.45) is 5.41 Å². The number of carbonyl (C=O) groups excluding carboxylic acids is 1. The molecule has 2 aliphatic rings. The number of pyridine rings is 1. The molecule has 24 heavy (non-hydrogen) atoms. The summed E-state index contributed by atoms with van der Waals surface area (Å²) in [5.74, 6) is 0.107. The molecule has 4 heteroatoms. The Morgan fingerprint density at radius 1 is 1.21 bits per heavy atom. The van der Waals surface area contributed by atoms with Crippen LogP contribution in [0.5, 0.6) is 0 Å². The van der Waals surface area contributed by atoms with E-state index in [0.717, 1.165) is 24.8 Å². The van der Waals surface area contributed by atoms with Crippen LogP contribution >= 0.6 is 0 Å². The van der Waals surface area contributed by atoms with Gasteiger partial charge in [-0.2, -0.15) is 0 Å². The van der Waals surface area contributed by atoms with E-state index in [9.17, 15) is 4.79 Å². The number of nitrogens with zero attached hydrogens (tertiary/aromatic N) is 3. The van der Waals surface area contributed by atoms with Gasteiger partial charge in [-0.1, -0.05) is 6.07 Å². The number of likely N-dealkylation sites (tertiary alicyclic amines) is 1. The zero-order valence-corrected chi connectivity index (χ0v) is 15.4. The minimum atomic E-state index is -0.135. The molecule has 132 valence electrons. The van der Waals surface area contributed by atoms with E-state index in [4.69, 9.17) is 0 Å². The molecule has 2 fully saturated rings. The van der Waals surface area contributed by atoms with Crippen LogP contribution < -0.4 is 0 Å². The highest BCUT2D eigenvalue weighted by Gasteiger charge is 2.39. The fourth-order valence-corrected chi connectivity index (χ4v) is 4.47. The van der Waals surface area contributed by atoms with Crippen LogP contribution in [-0.2, 0) is 4.79 Å². The highest BCUT2D eigenvalue weighted by atomic mass is 16.2. The molecule has 1 amide bonds. The number of aromatic nitrogens is 1. The van der Waals surface area contributed by atoms with Crippen molar-refractivity contribution in [1.29, 1.82) is 0 Å². The standard InChI is InChI=1S/C20H31N3O/c1-16(18-6-4-5-13-21-18)19(24)23-14-11-20(12-15-23)9-7-17(8-10-20)22(2)3/h4-6,13,16-17H,7-12,14-15H2,1-3H3. The summed E-state index contributed by atoms with van der Waals surface area (Å²) < 4.78 is 0. The van der Waals surface area contributed by atoms with Crippen LogP contribution in [-0.4, -0.2) is 53.9 Å². The van der Waals surface area contributed by atoms with Gasteiger partial charge in [0.1, 0.15) is 0 Å². The largest absolute Gasteiger partial charge is 0.342 e. The Labute approximate surface area is 146 Å². The molecule has 1 unspecified atom stereocenters. The Bertz CT molecular complexity index is 539. The van der Waals surface area contributed by atoms with Crippen LogP contribution in [0.15, 0.2) is 24.4 Å². The van der Waals surface area contributed by atoms with Gasteiger partial charge in [0.15, 0.2) is 0 Å². The normalized spacial score (nSPS) is 22.8. The number of hydrogen-bond donors (Lipinski definition) is 0. The Hall–Kier alpha value is -1.42. The Kier molecular flexibility index (Phi) is 5.24. The van der Waals surface area contributed by atoms with E-state index in [1.165, 1.54) is 38.5 Å². The first-order chi connectivity index (χ1) is 11.5. The molecule has 1 saturated heterocycles. The zero-order valence-electron chi connectivity index (χ0n) is 15.4. The Morgan fingerprint density at radius 3 is 2.42 bits per heavy atom. The molecular formula is C20H31N3O. The number of hydrogen-bond acceptors (Lipinski definition) is 3. The lowest BCUT2D eigenvalue weighted by Gasteiger charge is -2.47. The molecule has 1 spiro atoms. The molecule has 1 saturated carbocycles. The van der Waals surface area contributed by atoms with Crippen LogP contribution in [0, 0.1) is 5.41 Å². The molecule has 1 atom stereocenters. The van der Waals surface area contributed by atoms with E-state index in [1.807, 2.05) is 25.1 Å². The number of rotatable bonds is 3. The molecule has 1 aromatic heterocycles. The predicted octanol–water partition coefficient (Wildman–Crippen LogP) is 3.30. The minimum absolute atomic E-state index is 0.135. The summed E-state index contributed by atoms with van der Waals surface area (Å²) in [7, 11) is 4.39. The maximum absolute atomic E-state index is 12.8. The predicted molar refractivity (Wildman–Crippen MR) is 96.8 cm³/mol. The maximum atomic E-state index is 12.8. The number of amides is 1. The third-order valence-electron chi connectivity index (χ3n) is 6.38. The van der Waals surface area contributed by atoms with Crippen LogP contribution in [0.3, 0.4) is 0 Å². The van der Waals surface area contributed by atoms with Crippen molar-refractivity contribution in [2.75, 3.05) is 27.2 Å². The molecule has 1 aromatic rings. The van der Waals surface area contributed by atoms with Gasteiger partial charge in [0, 0.05) is 25.3 Å². The van der Waals surface area contributed by atoms with Crippen LogP contribution in [0.2, 0.25) is 0 Å². The van der Waals surface area contributed by atoms with Crippen LogP contribution in [0.1, 0.15) is 57.1 Å². The lowest BCUT2D eigenvalue weighted by molar-refractivity contribution is -0.135. The fourth-order valence-electron chi connectivity index (χ4n) is 4.47. The molecule has 3 rings (SSSR count). The Morgan fingerprint density at radius 2 is 1.88 bits per heavy atom. The lowest BCUT2D eigenvalue weighted by atomic mass is 9.66. The SMILES string of the molecule is CC(C(=O)N1CCC2(CCC(N(C)C)CC2)CC1)c1ccccn1. The molecule has 0 aromatic carbocycles. The van der Waals surface area contributed by atoms with Gasteiger partial charge < -0.3 is 9.80 Å². The zero-order chi connectivity index (χ0) is 17.2. The minimum Gasteiger partial charge on any atom is -0.342 e. The number of carbonyl (C=O) groups is 1. The quantitative estimate of drug-likeness (QED) is 0.854. The average Bonchev–Trinajstić information content (AvgIpc) is 2.62. The summed E-state index contributed by atoms with van der Waals surface area (Å²) in [4.78, 5) is 21.6. The monoisotopic (exact) mass is 329 g/mol. The molecular weight excluding hydrogens is 298 g/mol. The second kappa shape index (κ2) is 7.22. The highest BCUT2D eigenvalue weighted by Crippen LogP contribution is 2.45. The second-order valence-electron chi connectivity index (χ2n) is 8.00. The summed E-state index contributed by atoms with van der Waals surface area (Å²) in [6.45, 7) is 3.82. The van der Waals surface area contributed by atoms with E-state index in [0.29, 0.717) is 5.41 Å². The molecule has 0 bridgehead atoms. The topological polar surface area (TPSA) is 36.4 Å². The first-order valence-corrected chi connectivity index (χ1v) is 9.37.